The summed E-state index contributed by atoms with van der Waals surface area (Å²) in [4.78, 5) is 21.5. The predicted molar refractivity (Wildman–Crippen MR) is 111 cm³/mol. The van der Waals surface area contributed by atoms with Crippen molar-refractivity contribution in [2.75, 3.05) is 11.6 Å². The number of imidazole rings is 1. The van der Waals surface area contributed by atoms with E-state index in [-0.39, 0.29) is 12.5 Å². The highest BCUT2D eigenvalue weighted by Crippen LogP contribution is 2.20. The third-order valence-corrected chi connectivity index (χ3v) is 4.95. The molecule has 0 spiro atoms. The number of hydrogen-bond acceptors (Lipinski definition) is 5. The normalized spacial score (nSPS) is 11.0. The van der Waals surface area contributed by atoms with Gasteiger partial charge in [0, 0.05) is 5.69 Å². The van der Waals surface area contributed by atoms with Crippen molar-refractivity contribution in [1.82, 2.24) is 24.3 Å². The molecule has 2 aromatic heterocycles. The van der Waals surface area contributed by atoms with Crippen LogP contribution in [0.2, 0.25) is 0 Å². The largest absolute Gasteiger partial charge is 0.324 e. The first-order valence-corrected chi connectivity index (χ1v) is 10.3. The van der Waals surface area contributed by atoms with Crippen LogP contribution >= 0.6 is 11.8 Å². The fraction of sp³-hybridized carbons (Fsp3) is 0.200. The molecule has 2 aromatic carbocycles. The Hall–Kier alpha value is -3.13. The molecule has 142 valence electrons. The molecular formula is C20H20N6OS. The molecule has 0 aliphatic rings. The van der Waals surface area contributed by atoms with Crippen LogP contribution in [0, 0.1) is 0 Å². The number of carbonyl (C=O) groups is 1. The number of amides is 1. The van der Waals surface area contributed by atoms with Gasteiger partial charge in [0.2, 0.25) is 5.91 Å². The zero-order valence-electron chi connectivity index (χ0n) is 15.4. The van der Waals surface area contributed by atoms with Crippen LogP contribution in [0.1, 0.15) is 11.4 Å². The van der Waals surface area contributed by atoms with Crippen molar-refractivity contribution in [3.05, 3.63) is 72.6 Å². The van der Waals surface area contributed by atoms with Crippen LogP contribution < -0.4 is 5.32 Å². The maximum Gasteiger partial charge on any atom is 0.244 e. The minimum Gasteiger partial charge on any atom is -0.324 e. The number of rotatable bonds is 7. The lowest BCUT2D eigenvalue weighted by Gasteiger charge is -2.13. The van der Waals surface area contributed by atoms with Crippen LogP contribution in [-0.2, 0) is 23.6 Å². The second kappa shape index (κ2) is 8.26. The van der Waals surface area contributed by atoms with Crippen molar-refractivity contribution in [2.45, 2.75) is 18.8 Å². The quantitative estimate of drug-likeness (QED) is 0.523. The van der Waals surface area contributed by atoms with Crippen molar-refractivity contribution >= 4 is 34.4 Å². The Balaban J connectivity index is 1.56. The molecule has 0 aliphatic carbocycles. The van der Waals surface area contributed by atoms with E-state index in [1.54, 1.807) is 22.8 Å². The summed E-state index contributed by atoms with van der Waals surface area (Å²) in [5.74, 6) is 1.57. The zero-order valence-corrected chi connectivity index (χ0v) is 16.3. The fourth-order valence-electron chi connectivity index (χ4n) is 3.14. The van der Waals surface area contributed by atoms with Gasteiger partial charge < -0.3 is 9.88 Å². The molecule has 8 heteroatoms. The van der Waals surface area contributed by atoms with Gasteiger partial charge in [-0.2, -0.15) is 16.9 Å². The molecule has 1 amide bonds. The van der Waals surface area contributed by atoms with Gasteiger partial charge in [0.25, 0.3) is 0 Å². The standard InChI is InChI=1S/C20H20N6OS/c1-28-12-19-23-17-8-4-5-9-18(17)26(19)11-20(27)24-16-7-3-2-6-15(16)10-25-14-21-13-22-25/h2-9,13-14H,10-12H2,1H3,(H,24,27). The second-order valence-corrected chi connectivity index (χ2v) is 7.20. The summed E-state index contributed by atoms with van der Waals surface area (Å²) in [6.45, 7) is 0.760. The predicted octanol–water partition coefficient (Wildman–Crippen LogP) is 3.18. The topological polar surface area (TPSA) is 77.6 Å². The van der Waals surface area contributed by atoms with E-state index >= 15 is 0 Å². The number of fused-ring (bicyclic) bond motifs is 1. The molecule has 0 fully saturated rings. The summed E-state index contributed by atoms with van der Waals surface area (Å²) in [6, 6.07) is 15.6. The maximum atomic E-state index is 12.8. The number of benzene rings is 2. The number of nitrogens with zero attached hydrogens (tertiary/aromatic N) is 5. The number of nitrogens with one attached hydrogen (secondary N) is 1. The third kappa shape index (κ3) is 3.91. The lowest BCUT2D eigenvalue weighted by molar-refractivity contribution is -0.116. The maximum absolute atomic E-state index is 12.8. The number of carbonyl (C=O) groups excluding carboxylic acids is 1. The molecular weight excluding hydrogens is 372 g/mol. The SMILES string of the molecule is CSCc1nc2ccccc2n1CC(=O)Nc1ccccc1Cn1cncn1. The van der Waals surface area contributed by atoms with E-state index in [1.807, 2.05) is 59.4 Å². The molecule has 0 saturated heterocycles. The van der Waals surface area contributed by atoms with Gasteiger partial charge in [0.05, 0.1) is 23.3 Å². The van der Waals surface area contributed by atoms with Gasteiger partial charge in [-0.3, -0.25) is 4.79 Å². The number of aromatic nitrogens is 5. The highest BCUT2D eigenvalue weighted by Gasteiger charge is 2.14. The smallest absolute Gasteiger partial charge is 0.244 e. The third-order valence-electron chi connectivity index (χ3n) is 4.40. The molecule has 4 aromatic rings. The van der Waals surface area contributed by atoms with Gasteiger partial charge in [-0.25, -0.2) is 14.6 Å². The molecule has 0 atom stereocenters. The lowest BCUT2D eigenvalue weighted by atomic mass is 10.1. The molecule has 1 N–H and O–H groups in total. The summed E-state index contributed by atoms with van der Waals surface area (Å²) in [7, 11) is 0. The van der Waals surface area contributed by atoms with Crippen LogP contribution in [0.15, 0.2) is 61.2 Å². The van der Waals surface area contributed by atoms with Crippen LogP contribution in [-0.4, -0.2) is 36.5 Å². The van der Waals surface area contributed by atoms with E-state index in [9.17, 15) is 4.79 Å². The van der Waals surface area contributed by atoms with E-state index in [4.69, 9.17) is 0 Å². The number of para-hydroxylation sites is 3. The molecule has 7 nitrogen and oxygen atoms in total. The van der Waals surface area contributed by atoms with E-state index < -0.39 is 0 Å². The summed E-state index contributed by atoms with van der Waals surface area (Å²) in [6.07, 6.45) is 5.19. The Morgan fingerprint density at radius 1 is 1.14 bits per heavy atom. The average molecular weight is 392 g/mol. The van der Waals surface area contributed by atoms with Crippen molar-refractivity contribution < 1.29 is 4.79 Å². The van der Waals surface area contributed by atoms with Crippen molar-refractivity contribution in [2.24, 2.45) is 0 Å². The monoisotopic (exact) mass is 392 g/mol. The van der Waals surface area contributed by atoms with Gasteiger partial charge >= 0.3 is 0 Å². The summed E-state index contributed by atoms with van der Waals surface area (Å²) in [5.41, 5.74) is 3.63. The number of anilines is 1. The Morgan fingerprint density at radius 2 is 1.96 bits per heavy atom. The lowest BCUT2D eigenvalue weighted by Crippen LogP contribution is -2.21. The Kier molecular flexibility index (Phi) is 5.38. The highest BCUT2D eigenvalue weighted by atomic mass is 32.2. The first kappa shape index (κ1) is 18.2. The Morgan fingerprint density at radius 3 is 2.79 bits per heavy atom. The van der Waals surface area contributed by atoms with Crippen molar-refractivity contribution in [3.63, 3.8) is 0 Å². The van der Waals surface area contributed by atoms with E-state index in [2.05, 4.69) is 20.4 Å². The van der Waals surface area contributed by atoms with Crippen molar-refractivity contribution in [1.29, 1.82) is 0 Å². The molecule has 2 heterocycles. The molecule has 0 aliphatic heterocycles. The second-order valence-electron chi connectivity index (χ2n) is 6.33. The van der Waals surface area contributed by atoms with Crippen LogP contribution in [0.25, 0.3) is 11.0 Å². The van der Waals surface area contributed by atoms with Gasteiger partial charge in [-0.15, -0.1) is 0 Å². The minimum absolute atomic E-state index is 0.0865. The molecule has 4 rings (SSSR count). The molecule has 0 unspecified atom stereocenters. The van der Waals surface area contributed by atoms with Crippen LogP contribution in [0.4, 0.5) is 5.69 Å². The summed E-state index contributed by atoms with van der Waals surface area (Å²) < 4.78 is 3.71. The zero-order chi connectivity index (χ0) is 19.3. The first-order chi connectivity index (χ1) is 13.7. The van der Waals surface area contributed by atoms with E-state index in [1.165, 1.54) is 6.33 Å². The van der Waals surface area contributed by atoms with Gasteiger partial charge in [0.15, 0.2) is 0 Å². The molecule has 0 radical (unpaired) electrons. The molecule has 28 heavy (non-hydrogen) atoms. The molecule has 0 bridgehead atoms. The van der Waals surface area contributed by atoms with Crippen LogP contribution in [0.3, 0.4) is 0 Å². The summed E-state index contributed by atoms with van der Waals surface area (Å²) in [5, 5.41) is 7.18. The average Bonchev–Trinajstić information content (AvgIpc) is 3.32. The Labute approximate surface area is 166 Å². The van der Waals surface area contributed by atoms with Gasteiger partial charge in [-0.1, -0.05) is 30.3 Å². The first-order valence-electron chi connectivity index (χ1n) is 8.88. The van der Waals surface area contributed by atoms with E-state index in [0.717, 1.165) is 33.9 Å². The summed E-state index contributed by atoms with van der Waals surface area (Å²) >= 11 is 1.69. The van der Waals surface area contributed by atoms with Gasteiger partial charge in [-0.05, 0) is 30.0 Å². The van der Waals surface area contributed by atoms with Crippen LogP contribution in [0.5, 0.6) is 0 Å². The fourth-order valence-corrected chi connectivity index (χ4v) is 3.62. The minimum atomic E-state index is -0.0865. The highest BCUT2D eigenvalue weighted by molar-refractivity contribution is 7.97. The van der Waals surface area contributed by atoms with E-state index in [0.29, 0.717) is 6.54 Å². The number of hydrogen-bond donors (Lipinski definition) is 1. The van der Waals surface area contributed by atoms with Crippen molar-refractivity contribution in [3.8, 4) is 0 Å². The van der Waals surface area contributed by atoms with Gasteiger partial charge in [0.1, 0.15) is 25.0 Å². The molecule has 0 saturated carbocycles. The Bertz CT molecular complexity index is 1090. The number of thioether (sulfide) groups is 1.